The minimum absolute atomic E-state index is 0.190. The third-order valence-electron chi connectivity index (χ3n) is 1.88. The monoisotopic (exact) mass is 231 g/mol. The Bertz CT molecular complexity index is 403. The van der Waals surface area contributed by atoms with E-state index in [1.807, 2.05) is 0 Å². The fourth-order valence-electron chi connectivity index (χ4n) is 1.11. The molecule has 0 heterocycles. The molecule has 1 rings (SSSR count). The van der Waals surface area contributed by atoms with E-state index in [4.69, 9.17) is 6.42 Å². The van der Waals surface area contributed by atoms with E-state index in [2.05, 4.69) is 11.2 Å². The molecule has 5 heteroatoms. The van der Waals surface area contributed by atoms with Crippen molar-refractivity contribution >= 4 is 5.69 Å². The summed E-state index contributed by atoms with van der Waals surface area (Å²) in [4.78, 5) is 0. The van der Waals surface area contributed by atoms with Gasteiger partial charge in [0.25, 0.3) is 0 Å². The average molecular weight is 231 g/mol. The van der Waals surface area contributed by atoms with E-state index in [9.17, 15) is 17.6 Å². The highest BCUT2D eigenvalue weighted by molar-refractivity contribution is 5.48. The van der Waals surface area contributed by atoms with Crippen LogP contribution in [0.15, 0.2) is 18.2 Å². The van der Waals surface area contributed by atoms with E-state index in [0.717, 1.165) is 12.1 Å². The van der Waals surface area contributed by atoms with Crippen LogP contribution in [0.2, 0.25) is 0 Å². The zero-order chi connectivity index (χ0) is 12.2. The van der Waals surface area contributed by atoms with Crippen molar-refractivity contribution in [3.63, 3.8) is 0 Å². The normalized spacial score (nSPS) is 10.9. The van der Waals surface area contributed by atoms with Crippen molar-refractivity contribution in [2.24, 2.45) is 0 Å². The lowest BCUT2D eigenvalue weighted by Crippen LogP contribution is -2.08. The Labute approximate surface area is 90.5 Å². The highest BCUT2D eigenvalue weighted by atomic mass is 19.4. The molecule has 0 saturated heterocycles. The van der Waals surface area contributed by atoms with Gasteiger partial charge in [0.05, 0.1) is 11.3 Å². The van der Waals surface area contributed by atoms with Crippen LogP contribution in [-0.2, 0) is 6.18 Å². The van der Waals surface area contributed by atoms with Gasteiger partial charge in [-0.1, -0.05) is 0 Å². The maximum atomic E-state index is 13.1. The Morgan fingerprint density at radius 1 is 1.31 bits per heavy atom. The second-order valence-electron chi connectivity index (χ2n) is 3.07. The summed E-state index contributed by atoms with van der Waals surface area (Å²) in [5.74, 6) is 1.56. The predicted octanol–water partition coefficient (Wildman–Crippen LogP) is 3.28. The Balaban J connectivity index is 2.88. The molecule has 1 N–H and O–H groups in total. The van der Waals surface area contributed by atoms with Crippen molar-refractivity contribution < 1.29 is 17.6 Å². The van der Waals surface area contributed by atoms with Crippen LogP contribution in [0.25, 0.3) is 0 Å². The molecule has 0 radical (unpaired) electrons. The van der Waals surface area contributed by atoms with E-state index in [1.54, 1.807) is 0 Å². The Morgan fingerprint density at radius 3 is 2.56 bits per heavy atom. The topological polar surface area (TPSA) is 12.0 Å². The van der Waals surface area contributed by atoms with Gasteiger partial charge in [-0.25, -0.2) is 4.39 Å². The molecule has 0 bridgehead atoms. The molecule has 0 atom stereocenters. The van der Waals surface area contributed by atoms with Gasteiger partial charge in [0.2, 0.25) is 0 Å². The minimum Gasteiger partial charge on any atom is -0.382 e. The van der Waals surface area contributed by atoms with Gasteiger partial charge in [0.15, 0.2) is 0 Å². The van der Waals surface area contributed by atoms with Crippen LogP contribution < -0.4 is 5.32 Å². The van der Waals surface area contributed by atoms with Gasteiger partial charge in [-0.15, -0.1) is 12.3 Å². The molecule has 0 spiro atoms. The molecule has 0 aliphatic rings. The van der Waals surface area contributed by atoms with Crippen LogP contribution in [-0.4, -0.2) is 6.54 Å². The molecule has 16 heavy (non-hydrogen) atoms. The molecule has 0 aliphatic heterocycles. The highest BCUT2D eigenvalue weighted by Crippen LogP contribution is 2.31. The molecule has 0 aromatic heterocycles. The second kappa shape index (κ2) is 4.88. The Kier molecular flexibility index (Phi) is 3.78. The van der Waals surface area contributed by atoms with Crippen molar-refractivity contribution in [1.82, 2.24) is 0 Å². The van der Waals surface area contributed by atoms with Gasteiger partial charge < -0.3 is 5.32 Å². The van der Waals surface area contributed by atoms with Crippen molar-refractivity contribution in [1.29, 1.82) is 0 Å². The van der Waals surface area contributed by atoms with Crippen LogP contribution in [0.3, 0.4) is 0 Å². The molecule has 0 saturated carbocycles. The molecule has 0 amide bonds. The van der Waals surface area contributed by atoms with Crippen LogP contribution in [0.1, 0.15) is 12.0 Å². The quantitative estimate of drug-likeness (QED) is 0.478. The summed E-state index contributed by atoms with van der Waals surface area (Å²) in [5, 5.41) is 2.51. The molecule has 1 nitrogen and oxygen atoms in total. The van der Waals surface area contributed by atoms with Crippen LogP contribution in [0, 0.1) is 18.2 Å². The molecule has 86 valence electrons. The number of anilines is 1. The summed E-state index contributed by atoms with van der Waals surface area (Å²) >= 11 is 0. The van der Waals surface area contributed by atoms with E-state index >= 15 is 0 Å². The van der Waals surface area contributed by atoms with Gasteiger partial charge in [-0.3, -0.25) is 0 Å². The number of benzene rings is 1. The summed E-state index contributed by atoms with van der Waals surface area (Å²) in [7, 11) is 0. The molecule has 0 aliphatic carbocycles. The zero-order valence-corrected chi connectivity index (χ0v) is 8.24. The summed E-state index contributed by atoms with van der Waals surface area (Å²) in [6.45, 7) is 0.231. The molecule has 1 aromatic carbocycles. The number of hydrogen-bond donors (Lipinski definition) is 1. The maximum Gasteiger partial charge on any atom is 0.416 e. The number of halogens is 4. The predicted molar refractivity (Wildman–Crippen MR) is 53.3 cm³/mol. The van der Waals surface area contributed by atoms with Gasteiger partial charge in [0.1, 0.15) is 5.82 Å². The van der Waals surface area contributed by atoms with E-state index in [0.29, 0.717) is 12.5 Å². The minimum atomic E-state index is -4.48. The molecule has 0 unspecified atom stereocenters. The van der Waals surface area contributed by atoms with Gasteiger partial charge in [-0.05, 0) is 18.2 Å². The first-order valence-electron chi connectivity index (χ1n) is 4.49. The van der Waals surface area contributed by atoms with Crippen molar-refractivity contribution in [2.45, 2.75) is 12.6 Å². The molecule has 0 fully saturated rings. The van der Waals surface area contributed by atoms with E-state index in [1.165, 1.54) is 0 Å². The van der Waals surface area contributed by atoms with E-state index in [-0.39, 0.29) is 12.2 Å². The maximum absolute atomic E-state index is 13.1. The van der Waals surface area contributed by atoms with Crippen LogP contribution in [0.4, 0.5) is 23.2 Å². The molecular weight excluding hydrogens is 222 g/mol. The third-order valence-corrected chi connectivity index (χ3v) is 1.88. The smallest absolute Gasteiger partial charge is 0.382 e. The van der Waals surface area contributed by atoms with Crippen molar-refractivity contribution in [2.75, 3.05) is 11.9 Å². The highest BCUT2D eigenvalue weighted by Gasteiger charge is 2.31. The second-order valence-corrected chi connectivity index (χ2v) is 3.07. The standard InChI is InChI=1S/C11H9F4N/c1-2-3-6-16-10-7-8(11(13,14)15)4-5-9(10)12/h1,4-5,7,16H,3,6H2. The molecular formula is C11H9F4N. The van der Waals surface area contributed by atoms with Crippen LogP contribution >= 0.6 is 0 Å². The first kappa shape index (κ1) is 12.4. The lowest BCUT2D eigenvalue weighted by Gasteiger charge is -2.10. The van der Waals surface area contributed by atoms with Crippen molar-refractivity contribution in [3.8, 4) is 12.3 Å². The van der Waals surface area contributed by atoms with Crippen molar-refractivity contribution in [3.05, 3.63) is 29.6 Å². The number of alkyl halides is 3. The molecule has 1 aromatic rings. The lowest BCUT2D eigenvalue weighted by molar-refractivity contribution is -0.137. The van der Waals surface area contributed by atoms with Gasteiger partial charge >= 0.3 is 6.18 Å². The lowest BCUT2D eigenvalue weighted by atomic mass is 10.2. The summed E-state index contributed by atoms with van der Waals surface area (Å²) in [5.41, 5.74) is -1.08. The average Bonchev–Trinajstić information content (AvgIpc) is 2.19. The summed E-state index contributed by atoms with van der Waals surface area (Å²) < 4.78 is 50.0. The van der Waals surface area contributed by atoms with Crippen LogP contribution in [0.5, 0.6) is 0 Å². The zero-order valence-electron chi connectivity index (χ0n) is 8.24. The number of nitrogens with one attached hydrogen (secondary N) is 1. The SMILES string of the molecule is C#CCCNc1cc(C(F)(F)F)ccc1F. The van der Waals surface area contributed by atoms with Gasteiger partial charge in [0, 0.05) is 13.0 Å². The summed E-state index contributed by atoms with van der Waals surface area (Å²) in [6.07, 6.45) is 0.805. The largest absolute Gasteiger partial charge is 0.416 e. The van der Waals surface area contributed by atoms with Gasteiger partial charge in [-0.2, -0.15) is 13.2 Å². The number of hydrogen-bond acceptors (Lipinski definition) is 1. The number of rotatable bonds is 3. The Morgan fingerprint density at radius 2 is 2.00 bits per heavy atom. The summed E-state index contributed by atoms with van der Waals surface area (Å²) in [6, 6.07) is 2.20. The fraction of sp³-hybridized carbons (Fsp3) is 0.273. The fourth-order valence-corrected chi connectivity index (χ4v) is 1.11. The first-order valence-corrected chi connectivity index (χ1v) is 4.49. The number of terminal acetylenes is 1. The van der Waals surface area contributed by atoms with E-state index < -0.39 is 17.6 Å². The third kappa shape index (κ3) is 3.16. The first-order chi connectivity index (χ1) is 7.45. The Hall–Kier alpha value is -1.70.